The molecule has 0 spiro atoms. The van der Waals surface area contributed by atoms with Gasteiger partial charge in [-0.15, -0.1) is 0 Å². The van der Waals surface area contributed by atoms with Gasteiger partial charge in [0.25, 0.3) is 5.89 Å². The molecule has 2 aromatic carbocycles. The Hall–Kier alpha value is -2.58. The number of sulfonamides is 1. The monoisotopic (exact) mass is 401 g/mol. The van der Waals surface area contributed by atoms with Crippen molar-refractivity contribution in [2.24, 2.45) is 0 Å². The smallest absolute Gasteiger partial charge is 0.264 e. The molecule has 1 aliphatic heterocycles. The van der Waals surface area contributed by atoms with E-state index < -0.39 is 15.7 Å². The minimum Gasteiger partial charge on any atom is -0.336 e. The van der Waals surface area contributed by atoms with Gasteiger partial charge in [0.05, 0.1) is 4.90 Å². The molecule has 1 aliphatic rings. The maximum absolute atomic E-state index is 15.4. The summed E-state index contributed by atoms with van der Waals surface area (Å²) < 4.78 is 47.3. The van der Waals surface area contributed by atoms with E-state index in [9.17, 15) is 8.42 Å². The van der Waals surface area contributed by atoms with Gasteiger partial charge < -0.3 is 4.52 Å². The van der Waals surface area contributed by atoms with Crippen LogP contribution in [0.25, 0.3) is 0 Å². The number of alkyl halides is 1. The first-order valence-electron chi connectivity index (χ1n) is 9.08. The van der Waals surface area contributed by atoms with Crippen LogP contribution in [-0.4, -0.2) is 36.0 Å². The van der Waals surface area contributed by atoms with E-state index in [1.165, 1.54) is 4.31 Å². The van der Waals surface area contributed by atoms with Crippen LogP contribution in [0.5, 0.6) is 0 Å². The number of aromatic nitrogens is 2. The predicted molar refractivity (Wildman–Crippen MR) is 101 cm³/mol. The Morgan fingerprint density at radius 1 is 1.00 bits per heavy atom. The van der Waals surface area contributed by atoms with Crippen LogP contribution >= 0.6 is 0 Å². The van der Waals surface area contributed by atoms with E-state index in [4.69, 9.17) is 4.52 Å². The number of halogens is 1. The molecule has 1 fully saturated rings. The highest BCUT2D eigenvalue weighted by Crippen LogP contribution is 2.37. The summed E-state index contributed by atoms with van der Waals surface area (Å²) in [5.74, 6) is 0.341. The van der Waals surface area contributed by atoms with Gasteiger partial charge in [0.2, 0.25) is 10.0 Å². The maximum atomic E-state index is 15.4. The van der Waals surface area contributed by atoms with Crippen molar-refractivity contribution in [3.8, 4) is 0 Å². The third-order valence-electron chi connectivity index (χ3n) is 4.95. The van der Waals surface area contributed by atoms with Crippen molar-refractivity contribution in [2.45, 2.75) is 29.8 Å². The van der Waals surface area contributed by atoms with Gasteiger partial charge in [-0.1, -0.05) is 53.7 Å². The number of hydrogen-bond donors (Lipinski definition) is 0. The molecule has 8 heteroatoms. The highest BCUT2D eigenvalue weighted by molar-refractivity contribution is 7.89. The Morgan fingerprint density at radius 2 is 1.61 bits per heavy atom. The molecule has 28 heavy (non-hydrogen) atoms. The molecule has 146 valence electrons. The largest absolute Gasteiger partial charge is 0.336 e. The van der Waals surface area contributed by atoms with Gasteiger partial charge >= 0.3 is 0 Å². The Morgan fingerprint density at radius 3 is 2.25 bits per heavy atom. The average Bonchev–Trinajstić information content (AvgIpc) is 3.19. The van der Waals surface area contributed by atoms with Gasteiger partial charge in [-0.2, -0.15) is 9.29 Å². The topological polar surface area (TPSA) is 76.3 Å². The first-order chi connectivity index (χ1) is 13.5. The number of benzene rings is 2. The normalized spacial score (nSPS) is 17.5. The maximum Gasteiger partial charge on any atom is 0.264 e. The molecule has 3 aromatic rings. The fourth-order valence-corrected chi connectivity index (χ4v) is 4.79. The Labute approximate surface area is 163 Å². The lowest BCUT2D eigenvalue weighted by Gasteiger charge is -2.33. The van der Waals surface area contributed by atoms with Crippen LogP contribution in [0.2, 0.25) is 0 Å². The molecular formula is C20H20FN3O3S. The van der Waals surface area contributed by atoms with Crippen molar-refractivity contribution in [1.29, 1.82) is 0 Å². The number of piperidine rings is 1. The Kier molecular flexibility index (Phi) is 4.99. The summed E-state index contributed by atoms with van der Waals surface area (Å²) in [4.78, 5) is 4.44. The second kappa shape index (κ2) is 7.44. The van der Waals surface area contributed by atoms with Gasteiger partial charge in [0.1, 0.15) is 0 Å². The molecule has 0 atom stereocenters. The van der Waals surface area contributed by atoms with Crippen molar-refractivity contribution in [3.63, 3.8) is 0 Å². The van der Waals surface area contributed by atoms with Crippen molar-refractivity contribution in [2.75, 3.05) is 13.1 Å². The SMILES string of the molecule is O=S(=O)(c1ccccc1)N1CCC(F)(c2nc(Cc3ccccc3)no2)CC1. The van der Waals surface area contributed by atoms with E-state index in [0.717, 1.165) is 5.56 Å². The third-order valence-corrected chi connectivity index (χ3v) is 6.87. The van der Waals surface area contributed by atoms with Crippen molar-refractivity contribution >= 4 is 10.0 Å². The van der Waals surface area contributed by atoms with E-state index in [1.54, 1.807) is 30.3 Å². The first kappa shape index (κ1) is 18.8. The number of hydrogen-bond acceptors (Lipinski definition) is 5. The van der Waals surface area contributed by atoms with Gasteiger partial charge in [-0.05, 0) is 17.7 Å². The fourth-order valence-electron chi connectivity index (χ4n) is 3.32. The molecule has 0 unspecified atom stereocenters. The van der Waals surface area contributed by atoms with Crippen molar-refractivity contribution in [1.82, 2.24) is 14.4 Å². The second-order valence-corrected chi connectivity index (χ2v) is 8.80. The highest BCUT2D eigenvalue weighted by Gasteiger charge is 2.44. The van der Waals surface area contributed by atoms with Crippen molar-refractivity contribution in [3.05, 3.63) is 77.9 Å². The quantitative estimate of drug-likeness (QED) is 0.656. The summed E-state index contributed by atoms with van der Waals surface area (Å²) in [5, 5.41) is 3.89. The van der Waals surface area contributed by atoms with Crippen LogP contribution in [-0.2, 0) is 22.1 Å². The summed E-state index contributed by atoms with van der Waals surface area (Å²) >= 11 is 0. The minimum atomic E-state index is -3.63. The van der Waals surface area contributed by atoms with Crippen LogP contribution in [0.3, 0.4) is 0 Å². The lowest BCUT2D eigenvalue weighted by atomic mass is 9.94. The molecule has 0 bridgehead atoms. The van der Waals surface area contributed by atoms with Crippen LogP contribution in [0.4, 0.5) is 4.39 Å². The molecule has 1 saturated heterocycles. The zero-order valence-corrected chi connectivity index (χ0v) is 16.0. The fraction of sp³-hybridized carbons (Fsp3) is 0.300. The minimum absolute atomic E-state index is 0.0218. The van der Waals surface area contributed by atoms with Crippen LogP contribution in [0, 0.1) is 0 Å². The van der Waals surface area contributed by atoms with E-state index in [0.29, 0.717) is 12.2 Å². The standard InChI is InChI=1S/C20H20FN3O3S/c21-20(19-22-18(23-27-19)15-16-7-3-1-4-8-16)11-13-24(14-12-20)28(25,26)17-9-5-2-6-10-17/h1-10H,11-15H2. The molecule has 0 amide bonds. The van der Waals surface area contributed by atoms with Crippen LogP contribution in [0.1, 0.15) is 30.1 Å². The molecule has 4 rings (SSSR count). The second-order valence-electron chi connectivity index (χ2n) is 6.86. The van der Waals surface area contributed by atoms with E-state index >= 15 is 4.39 Å². The van der Waals surface area contributed by atoms with Gasteiger partial charge in [0, 0.05) is 32.4 Å². The van der Waals surface area contributed by atoms with Crippen molar-refractivity contribution < 1.29 is 17.3 Å². The molecule has 0 saturated carbocycles. The predicted octanol–water partition coefficient (Wildman–Crippen LogP) is 3.31. The lowest BCUT2D eigenvalue weighted by Crippen LogP contribution is -2.43. The van der Waals surface area contributed by atoms with Crippen LogP contribution in [0.15, 0.2) is 70.1 Å². The summed E-state index contributed by atoms with van der Waals surface area (Å²) in [6.07, 6.45) is 0.410. The molecule has 1 aromatic heterocycles. The molecule has 6 nitrogen and oxygen atoms in total. The summed E-state index contributed by atoms with van der Waals surface area (Å²) in [6.45, 7) is 0.119. The number of rotatable bonds is 5. The zero-order valence-electron chi connectivity index (χ0n) is 15.2. The summed E-state index contributed by atoms with van der Waals surface area (Å²) in [5.41, 5.74) is -0.809. The van der Waals surface area contributed by atoms with E-state index in [2.05, 4.69) is 10.1 Å². The molecule has 2 heterocycles. The van der Waals surface area contributed by atoms with Crippen LogP contribution < -0.4 is 0 Å². The average molecular weight is 401 g/mol. The van der Waals surface area contributed by atoms with Gasteiger partial charge in [-0.3, -0.25) is 0 Å². The molecule has 0 N–H and O–H groups in total. The van der Waals surface area contributed by atoms with Gasteiger partial charge in [-0.25, -0.2) is 12.8 Å². The highest BCUT2D eigenvalue weighted by atomic mass is 32.2. The number of nitrogens with zero attached hydrogens (tertiary/aromatic N) is 3. The molecule has 0 radical (unpaired) electrons. The summed E-state index contributed by atoms with van der Waals surface area (Å²) in [6, 6.07) is 17.8. The molecular weight excluding hydrogens is 381 g/mol. The first-order valence-corrected chi connectivity index (χ1v) is 10.5. The zero-order chi connectivity index (χ0) is 19.6. The van der Waals surface area contributed by atoms with E-state index in [1.807, 2.05) is 30.3 Å². The van der Waals surface area contributed by atoms with Gasteiger partial charge in [0.15, 0.2) is 11.5 Å². The van der Waals surface area contributed by atoms with E-state index in [-0.39, 0.29) is 36.7 Å². The Balaban J connectivity index is 1.45. The third kappa shape index (κ3) is 3.70. The summed E-state index contributed by atoms with van der Waals surface area (Å²) in [7, 11) is -3.63. The lowest BCUT2D eigenvalue weighted by molar-refractivity contribution is 0.0511. The molecule has 0 aliphatic carbocycles. The Bertz CT molecular complexity index is 1030.